The van der Waals surface area contributed by atoms with Crippen LogP contribution in [0.15, 0.2) is 18.5 Å². The first-order valence-electron chi connectivity index (χ1n) is 7.98. The maximum Gasteiger partial charge on any atom is 0.410 e. The van der Waals surface area contributed by atoms with E-state index < -0.39 is 5.60 Å². The summed E-state index contributed by atoms with van der Waals surface area (Å²) in [6.07, 6.45) is 4.23. The summed E-state index contributed by atoms with van der Waals surface area (Å²) in [5, 5.41) is 3.34. The zero-order valence-corrected chi connectivity index (χ0v) is 14.6. The highest BCUT2D eigenvalue weighted by atomic mass is 16.6. The van der Waals surface area contributed by atoms with Crippen LogP contribution < -0.4 is 10.1 Å². The van der Waals surface area contributed by atoms with Crippen molar-refractivity contribution in [3.05, 3.63) is 24.0 Å². The third kappa shape index (κ3) is 4.58. The molecule has 0 saturated carbocycles. The summed E-state index contributed by atoms with van der Waals surface area (Å²) in [5.41, 5.74) is 0.608. The van der Waals surface area contributed by atoms with Gasteiger partial charge in [0.25, 0.3) is 0 Å². The van der Waals surface area contributed by atoms with Gasteiger partial charge in [-0.25, -0.2) is 4.79 Å². The molecule has 1 saturated heterocycles. The minimum Gasteiger partial charge on any atom is -0.495 e. The minimum absolute atomic E-state index is 0.130. The number of carbonyl (C=O) groups is 1. The second kappa shape index (κ2) is 7.17. The van der Waals surface area contributed by atoms with E-state index in [9.17, 15) is 4.79 Å². The molecule has 1 fully saturated rings. The number of amides is 1. The molecule has 0 radical (unpaired) electrons. The number of hydrogen-bond acceptors (Lipinski definition) is 5. The molecule has 2 unspecified atom stereocenters. The number of carbonyl (C=O) groups excluding carboxylic acids is 1. The number of nitrogens with one attached hydrogen (secondary N) is 1. The lowest BCUT2D eigenvalue weighted by atomic mass is 9.93. The van der Waals surface area contributed by atoms with Gasteiger partial charge in [0.1, 0.15) is 11.4 Å². The molecular formula is C17H27N3O3. The number of pyridine rings is 1. The predicted molar refractivity (Wildman–Crippen MR) is 88.5 cm³/mol. The molecule has 0 bridgehead atoms. The number of likely N-dealkylation sites (tertiary alicyclic amines) is 1. The summed E-state index contributed by atoms with van der Waals surface area (Å²) >= 11 is 0. The van der Waals surface area contributed by atoms with Crippen LogP contribution in [-0.2, 0) is 4.74 Å². The second-order valence-electron chi connectivity index (χ2n) is 6.90. The van der Waals surface area contributed by atoms with E-state index in [4.69, 9.17) is 9.47 Å². The number of methoxy groups -OCH3 is 1. The van der Waals surface area contributed by atoms with Crippen LogP contribution in [0.4, 0.5) is 4.79 Å². The molecule has 6 heteroatoms. The van der Waals surface area contributed by atoms with Crippen LogP contribution in [0.2, 0.25) is 0 Å². The highest BCUT2D eigenvalue weighted by Crippen LogP contribution is 2.31. The third-order valence-corrected chi connectivity index (χ3v) is 3.99. The monoisotopic (exact) mass is 321 g/mol. The SMILES string of the molecule is CNC(c1cncc(OC)c1)C1CCN(C(=O)OC(C)(C)C)C1. The van der Waals surface area contributed by atoms with Gasteiger partial charge in [0.05, 0.1) is 13.3 Å². The van der Waals surface area contributed by atoms with Crippen molar-refractivity contribution in [2.45, 2.75) is 38.8 Å². The molecule has 0 aromatic carbocycles. The van der Waals surface area contributed by atoms with Crippen molar-refractivity contribution in [3.63, 3.8) is 0 Å². The smallest absolute Gasteiger partial charge is 0.410 e. The van der Waals surface area contributed by atoms with Gasteiger partial charge in [-0.15, -0.1) is 0 Å². The van der Waals surface area contributed by atoms with Crippen LogP contribution in [0.5, 0.6) is 5.75 Å². The zero-order valence-electron chi connectivity index (χ0n) is 14.6. The largest absolute Gasteiger partial charge is 0.495 e. The van der Waals surface area contributed by atoms with Crippen LogP contribution in [-0.4, -0.2) is 48.8 Å². The molecule has 23 heavy (non-hydrogen) atoms. The Morgan fingerprint density at radius 3 is 2.78 bits per heavy atom. The maximum absolute atomic E-state index is 12.2. The summed E-state index contributed by atoms with van der Waals surface area (Å²) in [6.45, 7) is 7.05. The first kappa shape index (κ1) is 17.5. The standard InChI is InChI=1S/C17H27N3O3/c1-17(2,3)23-16(21)20-7-6-12(11-20)15(18-4)13-8-14(22-5)10-19-9-13/h8-10,12,15,18H,6-7,11H2,1-5H3. The Labute approximate surface area is 138 Å². The molecule has 0 spiro atoms. The lowest BCUT2D eigenvalue weighted by Crippen LogP contribution is -2.36. The molecule has 0 aliphatic carbocycles. The Morgan fingerprint density at radius 1 is 1.43 bits per heavy atom. The van der Waals surface area contributed by atoms with Gasteiger partial charge < -0.3 is 19.7 Å². The minimum atomic E-state index is -0.464. The van der Waals surface area contributed by atoms with Crippen molar-refractivity contribution in [3.8, 4) is 5.75 Å². The summed E-state index contributed by atoms with van der Waals surface area (Å²) in [6, 6.07) is 2.12. The normalized spacial score (nSPS) is 19.5. The first-order chi connectivity index (χ1) is 10.8. The molecule has 1 aromatic heterocycles. The fourth-order valence-electron chi connectivity index (χ4n) is 2.94. The van der Waals surface area contributed by atoms with Crippen LogP contribution in [0.25, 0.3) is 0 Å². The van der Waals surface area contributed by atoms with Gasteiger partial charge in [0, 0.05) is 25.3 Å². The van der Waals surface area contributed by atoms with Crippen LogP contribution >= 0.6 is 0 Å². The number of nitrogens with zero attached hydrogens (tertiary/aromatic N) is 2. The Bertz CT molecular complexity index is 542. The Hall–Kier alpha value is -1.82. The van der Waals surface area contributed by atoms with Crippen LogP contribution in [0.3, 0.4) is 0 Å². The van der Waals surface area contributed by atoms with E-state index in [1.165, 1.54) is 0 Å². The average Bonchev–Trinajstić information content (AvgIpc) is 2.96. The predicted octanol–water partition coefficient (Wildman–Crippen LogP) is 2.61. The molecule has 1 amide bonds. The molecular weight excluding hydrogens is 294 g/mol. The highest BCUT2D eigenvalue weighted by molar-refractivity contribution is 5.68. The van der Waals surface area contributed by atoms with Gasteiger partial charge in [0.2, 0.25) is 0 Å². The van der Waals surface area contributed by atoms with Crippen molar-refractivity contribution in [2.75, 3.05) is 27.2 Å². The molecule has 1 aliphatic heterocycles. The third-order valence-electron chi connectivity index (χ3n) is 3.99. The first-order valence-corrected chi connectivity index (χ1v) is 7.98. The second-order valence-corrected chi connectivity index (χ2v) is 6.90. The van der Waals surface area contributed by atoms with E-state index in [1.54, 1.807) is 18.2 Å². The number of hydrogen-bond donors (Lipinski definition) is 1. The van der Waals surface area contributed by atoms with Gasteiger partial charge in [-0.05, 0) is 51.8 Å². The van der Waals surface area contributed by atoms with Gasteiger partial charge in [-0.2, -0.15) is 0 Å². The molecule has 1 N–H and O–H groups in total. The Kier molecular flexibility index (Phi) is 5.46. The lowest BCUT2D eigenvalue weighted by Gasteiger charge is -2.26. The fraction of sp³-hybridized carbons (Fsp3) is 0.647. The van der Waals surface area contributed by atoms with Crippen molar-refractivity contribution in [1.82, 2.24) is 15.2 Å². The fourth-order valence-corrected chi connectivity index (χ4v) is 2.94. The number of rotatable bonds is 4. The lowest BCUT2D eigenvalue weighted by molar-refractivity contribution is 0.0285. The molecule has 6 nitrogen and oxygen atoms in total. The molecule has 1 aliphatic rings. The van der Waals surface area contributed by atoms with E-state index >= 15 is 0 Å². The van der Waals surface area contributed by atoms with Gasteiger partial charge >= 0.3 is 6.09 Å². The van der Waals surface area contributed by atoms with E-state index in [-0.39, 0.29) is 12.1 Å². The van der Waals surface area contributed by atoms with E-state index in [0.717, 1.165) is 24.3 Å². The summed E-state index contributed by atoms with van der Waals surface area (Å²) in [5.74, 6) is 1.06. The maximum atomic E-state index is 12.2. The highest BCUT2D eigenvalue weighted by Gasteiger charge is 2.34. The molecule has 2 heterocycles. The van der Waals surface area contributed by atoms with E-state index in [1.807, 2.05) is 40.1 Å². The molecule has 1 aromatic rings. The quantitative estimate of drug-likeness (QED) is 0.923. The summed E-state index contributed by atoms with van der Waals surface area (Å²) in [7, 11) is 3.56. The van der Waals surface area contributed by atoms with Crippen molar-refractivity contribution in [1.29, 1.82) is 0 Å². The Balaban J connectivity index is 2.05. The Morgan fingerprint density at radius 2 is 2.17 bits per heavy atom. The van der Waals surface area contributed by atoms with Crippen molar-refractivity contribution < 1.29 is 14.3 Å². The molecule has 2 rings (SSSR count). The summed E-state index contributed by atoms with van der Waals surface area (Å²) in [4.78, 5) is 18.2. The number of ether oxygens (including phenoxy) is 2. The van der Waals surface area contributed by atoms with Gasteiger partial charge in [-0.1, -0.05) is 0 Å². The number of aromatic nitrogens is 1. The van der Waals surface area contributed by atoms with Gasteiger partial charge in [0.15, 0.2) is 0 Å². The molecule has 128 valence electrons. The van der Waals surface area contributed by atoms with Crippen LogP contribution in [0, 0.1) is 5.92 Å². The molecule has 2 atom stereocenters. The van der Waals surface area contributed by atoms with Gasteiger partial charge in [-0.3, -0.25) is 4.98 Å². The summed E-state index contributed by atoms with van der Waals surface area (Å²) < 4.78 is 10.7. The van der Waals surface area contributed by atoms with E-state index in [2.05, 4.69) is 10.3 Å². The topological polar surface area (TPSA) is 63.7 Å². The van der Waals surface area contributed by atoms with E-state index in [0.29, 0.717) is 12.5 Å². The van der Waals surface area contributed by atoms with Crippen molar-refractivity contribution in [2.24, 2.45) is 5.92 Å². The van der Waals surface area contributed by atoms with Crippen LogP contribution in [0.1, 0.15) is 38.8 Å². The van der Waals surface area contributed by atoms with Crippen molar-refractivity contribution >= 4 is 6.09 Å². The average molecular weight is 321 g/mol. The zero-order chi connectivity index (χ0) is 17.0.